The standard InChI is InChI=1S/C79H63N3O2S/c1-77(2,3)53-39-45-57(46-40-53)80(56-43-37-52(38-44-56)51-23-9-7-10-24-51)68-49-63-73(60-28-14-13-27-59(60)68)75-64(79(63,83)62-30-16-17-31-65(62)82-66-32-18-21-35-71(66)85-72-36-22-19-33-67(72)82)50-69(74-61-29-15-20-34-70(61)84-76(74)75)81(55-25-11-8-12-26-55)58-47-41-54(42-48-58)78(4,5)6/h7-50,83H,1-6H3. The molecule has 1 aliphatic heterocycles. The first-order valence-electron chi connectivity index (χ1n) is 29.4. The van der Waals surface area contributed by atoms with E-state index < -0.39 is 5.60 Å². The number of anilines is 9. The largest absolute Gasteiger partial charge is 0.455 e. The summed E-state index contributed by atoms with van der Waals surface area (Å²) in [5, 5.41) is 19.6. The number of hydrogen-bond acceptors (Lipinski definition) is 6. The van der Waals surface area contributed by atoms with Crippen LogP contribution in [0.4, 0.5) is 51.2 Å². The predicted octanol–water partition coefficient (Wildman–Crippen LogP) is 22.1. The molecule has 2 heterocycles. The van der Waals surface area contributed by atoms with Gasteiger partial charge in [-0.3, -0.25) is 0 Å². The molecule has 1 unspecified atom stereocenters. The number of hydrogen-bond donors (Lipinski definition) is 1. The Morgan fingerprint density at radius 2 is 0.824 bits per heavy atom. The Balaban J connectivity index is 1.07. The lowest BCUT2D eigenvalue weighted by Crippen LogP contribution is -2.30. The summed E-state index contributed by atoms with van der Waals surface area (Å²) in [6.07, 6.45) is 0. The molecule has 2 aliphatic rings. The van der Waals surface area contributed by atoms with Gasteiger partial charge in [-0.25, -0.2) is 0 Å². The fourth-order valence-electron chi connectivity index (χ4n) is 13.1. The van der Waals surface area contributed by atoms with E-state index in [1.807, 2.05) is 0 Å². The van der Waals surface area contributed by atoms with Gasteiger partial charge < -0.3 is 24.2 Å². The minimum absolute atomic E-state index is 0.0554. The van der Waals surface area contributed by atoms with Crippen molar-refractivity contribution in [1.29, 1.82) is 0 Å². The van der Waals surface area contributed by atoms with Crippen LogP contribution in [0.5, 0.6) is 0 Å². The zero-order valence-electron chi connectivity index (χ0n) is 48.5. The summed E-state index contributed by atoms with van der Waals surface area (Å²) >= 11 is 1.78. The van der Waals surface area contributed by atoms with E-state index in [4.69, 9.17) is 4.42 Å². The number of benzene rings is 12. The van der Waals surface area contributed by atoms with Crippen LogP contribution in [0.2, 0.25) is 0 Å². The average Bonchev–Trinajstić information content (AvgIpc) is 1.84. The van der Waals surface area contributed by atoms with Crippen LogP contribution in [0.1, 0.15) is 69.4 Å². The topological polar surface area (TPSA) is 43.1 Å². The summed E-state index contributed by atoms with van der Waals surface area (Å²) in [7, 11) is 0. The first kappa shape index (κ1) is 52.2. The second-order valence-electron chi connectivity index (χ2n) is 24.6. The predicted molar refractivity (Wildman–Crippen MR) is 356 cm³/mol. The van der Waals surface area contributed by atoms with Gasteiger partial charge in [-0.15, -0.1) is 0 Å². The van der Waals surface area contributed by atoms with Crippen molar-refractivity contribution in [2.24, 2.45) is 0 Å². The van der Waals surface area contributed by atoms with E-state index >= 15 is 5.11 Å². The van der Waals surface area contributed by atoms with Crippen LogP contribution in [0.25, 0.3) is 55.0 Å². The van der Waals surface area contributed by atoms with E-state index in [2.05, 4.69) is 323 Å². The van der Waals surface area contributed by atoms with Crippen molar-refractivity contribution in [2.45, 2.75) is 67.8 Å². The molecule has 13 aromatic rings. The average molecular weight is 1120 g/mol. The molecule has 1 aromatic heterocycles. The monoisotopic (exact) mass is 1120 g/mol. The van der Waals surface area contributed by atoms with E-state index in [-0.39, 0.29) is 10.8 Å². The number of fused-ring (bicyclic) bond motifs is 11. The molecular formula is C79H63N3O2S. The van der Waals surface area contributed by atoms with Crippen LogP contribution < -0.4 is 14.7 Å². The van der Waals surface area contributed by atoms with Crippen molar-refractivity contribution in [1.82, 2.24) is 0 Å². The number of rotatable bonds is 9. The van der Waals surface area contributed by atoms with Gasteiger partial charge in [0.05, 0.1) is 33.8 Å². The Bertz CT molecular complexity index is 4670. The molecule has 15 rings (SSSR count). The molecule has 1 atom stereocenters. The number of para-hydroxylation sites is 5. The molecule has 0 bridgehead atoms. The zero-order valence-corrected chi connectivity index (χ0v) is 49.3. The normalized spacial score (nSPS) is 14.5. The minimum Gasteiger partial charge on any atom is -0.455 e. The van der Waals surface area contributed by atoms with E-state index in [1.54, 1.807) is 11.8 Å². The lowest BCUT2D eigenvalue weighted by molar-refractivity contribution is 0.131. The van der Waals surface area contributed by atoms with Crippen molar-refractivity contribution in [2.75, 3.05) is 14.7 Å². The quantitative estimate of drug-likeness (QED) is 0.155. The molecule has 1 aliphatic carbocycles. The van der Waals surface area contributed by atoms with Gasteiger partial charge >= 0.3 is 0 Å². The van der Waals surface area contributed by atoms with Gasteiger partial charge in [-0.2, -0.15) is 0 Å². The SMILES string of the molecule is CC(C)(C)c1ccc(N(c2ccc(-c3ccccc3)cc2)c2cc3c(c4ccccc24)-c2c(cc(N(c4ccccc4)c4ccc(C(C)(C)C)cc4)c4c2oc2ccccc24)C3(O)c2ccccc2N2c3ccccc3Sc3ccccc32)cc1. The highest BCUT2D eigenvalue weighted by Gasteiger charge is 2.49. The van der Waals surface area contributed by atoms with Gasteiger partial charge in [-0.1, -0.05) is 223 Å². The molecule has 0 radical (unpaired) electrons. The number of nitrogens with zero attached hydrogens (tertiary/aromatic N) is 3. The Hall–Kier alpha value is -9.59. The summed E-state index contributed by atoms with van der Waals surface area (Å²) < 4.78 is 7.44. The van der Waals surface area contributed by atoms with Crippen molar-refractivity contribution in [3.8, 4) is 22.3 Å². The lowest BCUT2D eigenvalue weighted by Gasteiger charge is -2.38. The molecule has 85 heavy (non-hydrogen) atoms. The second-order valence-corrected chi connectivity index (χ2v) is 25.7. The second kappa shape index (κ2) is 20.1. The lowest BCUT2D eigenvalue weighted by atomic mass is 9.81. The Morgan fingerprint density at radius 1 is 0.388 bits per heavy atom. The van der Waals surface area contributed by atoms with Gasteiger partial charge in [-0.05, 0) is 136 Å². The van der Waals surface area contributed by atoms with Crippen molar-refractivity contribution in [3.05, 3.63) is 295 Å². The molecule has 1 N–H and O–H groups in total. The molecule has 0 fully saturated rings. The van der Waals surface area contributed by atoms with Crippen LogP contribution in [0.15, 0.2) is 281 Å². The number of aliphatic hydroxyl groups is 1. The van der Waals surface area contributed by atoms with E-state index in [1.165, 1.54) is 11.1 Å². The molecule has 6 heteroatoms. The van der Waals surface area contributed by atoms with Gasteiger partial charge in [0.15, 0.2) is 0 Å². The highest BCUT2D eigenvalue weighted by atomic mass is 32.2. The summed E-state index contributed by atoms with van der Waals surface area (Å²) in [5.41, 5.74) is 17.1. The molecule has 0 spiro atoms. The maximum absolute atomic E-state index is 15.6. The summed E-state index contributed by atoms with van der Waals surface area (Å²) in [6.45, 7) is 13.6. The van der Waals surface area contributed by atoms with Gasteiger partial charge in [0.25, 0.3) is 0 Å². The molecular weight excluding hydrogens is 1050 g/mol. The smallest absolute Gasteiger partial charge is 0.145 e. The molecule has 12 aromatic carbocycles. The van der Waals surface area contributed by atoms with Crippen molar-refractivity contribution < 1.29 is 9.52 Å². The third-order valence-corrected chi connectivity index (χ3v) is 18.5. The summed E-state index contributed by atoms with van der Waals surface area (Å²) in [6, 6.07) is 95.6. The molecule has 5 nitrogen and oxygen atoms in total. The summed E-state index contributed by atoms with van der Waals surface area (Å²) in [4.78, 5) is 9.37. The molecule has 0 saturated heterocycles. The maximum Gasteiger partial charge on any atom is 0.145 e. The van der Waals surface area contributed by atoms with Crippen LogP contribution >= 0.6 is 11.8 Å². The van der Waals surface area contributed by atoms with E-state index in [0.29, 0.717) is 5.58 Å². The first-order valence-corrected chi connectivity index (χ1v) is 30.2. The maximum atomic E-state index is 15.6. The van der Waals surface area contributed by atoms with Crippen LogP contribution in [0, 0.1) is 0 Å². The summed E-state index contributed by atoms with van der Waals surface area (Å²) in [5.74, 6) is 0. The van der Waals surface area contributed by atoms with Crippen molar-refractivity contribution in [3.63, 3.8) is 0 Å². The van der Waals surface area contributed by atoms with Gasteiger partial charge in [0, 0.05) is 71.1 Å². The van der Waals surface area contributed by atoms with Gasteiger partial charge in [0.2, 0.25) is 0 Å². The van der Waals surface area contributed by atoms with Crippen LogP contribution in [-0.2, 0) is 16.4 Å². The molecule has 412 valence electrons. The van der Waals surface area contributed by atoms with Crippen LogP contribution in [-0.4, -0.2) is 5.11 Å². The molecule has 0 amide bonds. The fourth-order valence-corrected chi connectivity index (χ4v) is 14.2. The first-order chi connectivity index (χ1) is 41.3. The van der Waals surface area contributed by atoms with Gasteiger partial charge in [0.1, 0.15) is 16.8 Å². The minimum atomic E-state index is -1.81. The third-order valence-electron chi connectivity index (χ3n) is 17.4. The highest BCUT2D eigenvalue weighted by Crippen LogP contribution is 2.63. The highest BCUT2D eigenvalue weighted by molar-refractivity contribution is 7.99. The third kappa shape index (κ3) is 8.57. The molecule has 0 saturated carbocycles. The van der Waals surface area contributed by atoms with E-state index in [9.17, 15) is 0 Å². The number of furan rings is 1. The van der Waals surface area contributed by atoms with Crippen LogP contribution in [0.3, 0.4) is 0 Å². The fraction of sp³-hybridized carbons (Fsp3) is 0.114. The van der Waals surface area contributed by atoms with E-state index in [0.717, 1.165) is 127 Å². The Kier molecular flexibility index (Phi) is 12.3. The Morgan fingerprint density at radius 3 is 1.42 bits per heavy atom. The zero-order chi connectivity index (χ0) is 57.8. The Labute approximate surface area is 501 Å². The van der Waals surface area contributed by atoms with Crippen molar-refractivity contribution >= 4 is 95.7 Å².